The standard InChI is InChI=1S/C13H17N5O2/c1-13(2,3)20-12(19)10(14)8-5-4-6-9(7-8)11-15-17-18-16-11/h4-7,10H,14H2,1-3H3,(H,15,16,17,18)/t10-/m1/s1. The van der Waals surface area contributed by atoms with Gasteiger partial charge in [-0.25, -0.2) is 4.79 Å². The highest BCUT2D eigenvalue weighted by atomic mass is 16.6. The molecule has 20 heavy (non-hydrogen) atoms. The van der Waals surface area contributed by atoms with E-state index in [1.165, 1.54) is 0 Å². The predicted molar refractivity (Wildman–Crippen MR) is 72.4 cm³/mol. The second-order valence-electron chi connectivity index (χ2n) is 5.37. The molecular weight excluding hydrogens is 258 g/mol. The van der Waals surface area contributed by atoms with Gasteiger partial charge in [0.2, 0.25) is 5.82 Å². The molecule has 0 saturated heterocycles. The molecule has 2 rings (SSSR count). The molecule has 1 atom stereocenters. The molecule has 1 heterocycles. The third kappa shape index (κ3) is 3.39. The number of hydrogen-bond donors (Lipinski definition) is 2. The van der Waals surface area contributed by atoms with Gasteiger partial charge in [0.15, 0.2) is 0 Å². The Balaban J connectivity index is 2.21. The summed E-state index contributed by atoms with van der Waals surface area (Å²) in [6, 6.07) is 6.26. The molecule has 3 N–H and O–H groups in total. The first-order chi connectivity index (χ1) is 9.37. The first-order valence-corrected chi connectivity index (χ1v) is 6.19. The van der Waals surface area contributed by atoms with Crippen LogP contribution in [0.25, 0.3) is 11.4 Å². The fourth-order valence-corrected chi connectivity index (χ4v) is 1.66. The van der Waals surface area contributed by atoms with Gasteiger partial charge < -0.3 is 10.5 Å². The summed E-state index contributed by atoms with van der Waals surface area (Å²) in [6.45, 7) is 5.40. The van der Waals surface area contributed by atoms with Crippen LogP contribution in [0.15, 0.2) is 24.3 Å². The van der Waals surface area contributed by atoms with Crippen molar-refractivity contribution in [1.29, 1.82) is 0 Å². The molecular formula is C13H17N5O2. The van der Waals surface area contributed by atoms with Crippen molar-refractivity contribution in [2.45, 2.75) is 32.4 Å². The zero-order valence-electron chi connectivity index (χ0n) is 11.6. The highest BCUT2D eigenvalue weighted by Gasteiger charge is 2.23. The van der Waals surface area contributed by atoms with Crippen molar-refractivity contribution < 1.29 is 9.53 Å². The molecule has 1 aromatic heterocycles. The van der Waals surface area contributed by atoms with E-state index in [0.717, 1.165) is 5.56 Å². The van der Waals surface area contributed by atoms with Crippen molar-refractivity contribution in [2.24, 2.45) is 5.73 Å². The number of ether oxygens (including phenoxy) is 1. The minimum Gasteiger partial charge on any atom is -0.459 e. The molecule has 1 aromatic carbocycles. The van der Waals surface area contributed by atoms with Gasteiger partial charge in [0.25, 0.3) is 0 Å². The second kappa shape index (κ2) is 5.38. The smallest absolute Gasteiger partial charge is 0.328 e. The van der Waals surface area contributed by atoms with Gasteiger partial charge in [0.05, 0.1) is 0 Å². The van der Waals surface area contributed by atoms with Crippen LogP contribution in [-0.4, -0.2) is 32.2 Å². The Kier molecular flexibility index (Phi) is 3.80. The van der Waals surface area contributed by atoms with Crippen molar-refractivity contribution >= 4 is 5.97 Å². The fourth-order valence-electron chi connectivity index (χ4n) is 1.66. The number of esters is 1. The van der Waals surface area contributed by atoms with Crippen LogP contribution in [0.5, 0.6) is 0 Å². The number of aromatic amines is 1. The van der Waals surface area contributed by atoms with Gasteiger partial charge in [-0.15, -0.1) is 10.2 Å². The van der Waals surface area contributed by atoms with Crippen LogP contribution >= 0.6 is 0 Å². The van der Waals surface area contributed by atoms with Crippen LogP contribution in [0.4, 0.5) is 0 Å². The molecule has 0 bridgehead atoms. The fraction of sp³-hybridized carbons (Fsp3) is 0.385. The van der Waals surface area contributed by atoms with Crippen molar-refractivity contribution in [3.8, 4) is 11.4 Å². The molecule has 0 amide bonds. The second-order valence-corrected chi connectivity index (χ2v) is 5.37. The van der Waals surface area contributed by atoms with Gasteiger partial charge in [-0.1, -0.05) is 18.2 Å². The number of carbonyl (C=O) groups excluding carboxylic acids is 1. The van der Waals surface area contributed by atoms with E-state index < -0.39 is 17.6 Å². The van der Waals surface area contributed by atoms with E-state index in [4.69, 9.17) is 10.5 Å². The zero-order chi connectivity index (χ0) is 14.8. The van der Waals surface area contributed by atoms with Crippen molar-refractivity contribution in [2.75, 3.05) is 0 Å². The Labute approximate surface area is 116 Å². The maximum atomic E-state index is 12.0. The molecule has 0 radical (unpaired) electrons. The van der Waals surface area contributed by atoms with Crippen LogP contribution < -0.4 is 5.73 Å². The highest BCUT2D eigenvalue weighted by Crippen LogP contribution is 2.21. The molecule has 106 valence electrons. The quantitative estimate of drug-likeness (QED) is 0.815. The van der Waals surface area contributed by atoms with Gasteiger partial charge in [-0.2, -0.15) is 5.21 Å². The van der Waals surface area contributed by atoms with Gasteiger partial charge in [0.1, 0.15) is 11.6 Å². The minimum atomic E-state index is -0.846. The summed E-state index contributed by atoms with van der Waals surface area (Å²) in [6.07, 6.45) is 0. The molecule has 0 aliphatic rings. The summed E-state index contributed by atoms with van der Waals surface area (Å²) in [4.78, 5) is 12.0. The number of carbonyl (C=O) groups is 1. The van der Waals surface area contributed by atoms with Crippen LogP contribution in [0, 0.1) is 0 Å². The van der Waals surface area contributed by atoms with Gasteiger partial charge in [0, 0.05) is 5.56 Å². The van der Waals surface area contributed by atoms with E-state index in [1.54, 1.807) is 39.0 Å². The van der Waals surface area contributed by atoms with Gasteiger partial charge >= 0.3 is 5.97 Å². The summed E-state index contributed by atoms with van der Waals surface area (Å²) < 4.78 is 5.27. The average molecular weight is 275 g/mol. The number of H-pyrrole nitrogens is 1. The number of nitrogens with one attached hydrogen (secondary N) is 1. The number of nitrogens with two attached hydrogens (primary N) is 1. The van der Waals surface area contributed by atoms with Gasteiger partial charge in [-0.3, -0.25) is 0 Å². The van der Waals surface area contributed by atoms with Gasteiger partial charge in [-0.05, 0) is 37.6 Å². The van der Waals surface area contributed by atoms with E-state index in [0.29, 0.717) is 11.4 Å². The minimum absolute atomic E-state index is 0.447. The summed E-state index contributed by atoms with van der Waals surface area (Å²) in [5.74, 6) is -0.0222. The Bertz CT molecular complexity index is 589. The number of nitrogens with zero attached hydrogens (tertiary/aromatic N) is 3. The Morgan fingerprint density at radius 1 is 1.40 bits per heavy atom. The highest BCUT2D eigenvalue weighted by molar-refractivity contribution is 5.78. The summed E-state index contributed by atoms with van der Waals surface area (Å²) >= 11 is 0. The van der Waals surface area contributed by atoms with E-state index in [9.17, 15) is 4.79 Å². The van der Waals surface area contributed by atoms with Crippen molar-refractivity contribution in [1.82, 2.24) is 20.6 Å². The SMILES string of the molecule is CC(C)(C)OC(=O)[C@H](N)c1cccc(-c2nn[nH]n2)c1. The molecule has 7 nitrogen and oxygen atoms in total. The molecule has 2 aromatic rings. The number of benzene rings is 1. The molecule has 0 spiro atoms. The summed E-state index contributed by atoms with van der Waals surface area (Å²) in [5, 5.41) is 13.6. The average Bonchev–Trinajstić information content (AvgIpc) is 2.90. The lowest BCUT2D eigenvalue weighted by Crippen LogP contribution is -2.31. The third-order valence-corrected chi connectivity index (χ3v) is 2.51. The van der Waals surface area contributed by atoms with E-state index >= 15 is 0 Å². The maximum Gasteiger partial charge on any atom is 0.328 e. The first kappa shape index (κ1) is 14.1. The molecule has 0 aliphatic heterocycles. The van der Waals surface area contributed by atoms with Crippen LogP contribution in [0.1, 0.15) is 32.4 Å². The zero-order valence-corrected chi connectivity index (χ0v) is 11.6. The Morgan fingerprint density at radius 3 is 2.75 bits per heavy atom. The topological polar surface area (TPSA) is 107 Å². The van der Waals surface area contributed by atoms with Crippen molar-refractivity contribution in [3.05, 3.63) is 29.8 Å². The first-order valence-electron chi connectivity index (χ1n) is 6.19. The summed E-state index contributed by atoms with van der Waals surface area (Å²) in [5.41, 5.74) is 6.73. The maximum absolute atomic E-state index is 12.0. The monoisotopic (exact) mass is 275 g/mol. The van der Waals surface area contributed by atoms with Crippen LogP contribution in [-0.2, 0) is 9.53 Å². The summed E-state index contributed by atoms with van der Waals surface area (Å²) in [7, 11) is 0. The molecule has 0 aliphatic carbocycles. The number of tetrazole rings is 1. The molecule has 0 unspecified atom stereocenters. The van der Waals surface area contributed by atoms with Crippen LogP contribution in [0.3, 0.4) is 0 Å². The van der Waals surface area contributed by atoms with E-state index in [2.05, 4.69) is 20.6 Å². The largest absolute Gasteiger partial charge is 0.459 e. The lowest BCUT2D eigenvalue weighted by molar-refractivity contribution is -0.156. The molecule has 0 saturated carbocycles. The van der Waals surface area contributed by atoms with E-state index in [1.807, 2.05) is 6.07 Å². The normalized spacial score (nSPS) is 13.0. The number of hydrogen-bond acceptors (Lipinski definition) is 6. The third-order valence-electron chi connectivity index (χ3n) is 2.51. The lowest BCUT2D eigenvalue weighted by Gasteiger charge is -2.22. The predicted octanol–water partition coefficient (Wildman–Crippen LogP) is 1.21. The van der Waals surface area contributed by atoms with E-state index in [-0.39, 0.29) is 0 Å². The molecule has 7 heteroatoms. The Hall–Kier alpha value is -2.28. The molecule has 0 fully saturated rings. The number of rotatable bonds is 3. The van der Waals surface area contributed by atoms with Crippen molar-refractivity contribution in [3.63, 3.8) is 0 Å². The van der Waals surface area contributed by atoms with Crippen LogP contribution in [0.2, 0.25) is 0 Å². The lowest BCUT2D eigenvalue weighted by atomic mass is 10.0. The number of aromatic nitrogens is 4. The Morgan fingerprint density at radius 2 is 2.15 bits per heavy atom.